The van der Waals surface area contributed by atoms with Crippen LogP contribution in [0, 0.1) is 5.92 Å². The predicted molar refractivity (Wildman–Crippen MR) is 114 cm³/mol. The first-order chi connectivity index (χ1) is 13.3. The summed E-state index contributed by atoms with van der Waals surface area (Å²) < 4.78 is 0. The van der Waals surface area contributed by atoms with Gasteiger partial charge in [-0.05, 0) is 43.2 Å². The van der Waals surface area contributed by atoms with Crippen LogP contribution in [0.5, 0.6) is 0 Å². The summed E-state index contributed by atoms with van der Waals surface area (Å²) in [6, 6.07) is 15.8. The topological polar surface area (TPSA) is 74.8 Å². The number of carbonyl (C=O) groups is 2. The van der Waals surface area contributed by atoms with E-state index >= 15 is 0 Å². The fraction of sp³-hybridized carbons (Fsp3) is 0.391. The molecule has 0 aromatic heterocycles. The van der Waals surface area contributed by atoms with Crippen molar-refractivity contribution in [3.63, 3.8) is 0 Å². The molecule has 0 unspecified atom stereocenters. The zero-order valence-electron chi connectivity index (χ0n) is 17.5. The van der Waals surface area contributed by atoms with E-state index in [0.717, 1.165) is 6.42 Å². The van der Waals surface area contributed by atoms with Crippen molar-refractivity contribution in [1.29, 1.82) is 0 Å². The minimum Gasteiger partial charge on any atom is -0.330 e. The number of rotatable bonds is 8. The highest BCUT2D eigenvalue weighted by atomic mass is 16.2. The Morgan fingerprint density at radius 1 is 0.893 bits per heavy atom. The molecule has 0 saturated heterocycles. The van der Waals surface area contributed by atoms with Gasteiger partial charge in [-0.1, -0.05) is 45.0 Å². The second-order valence-electron chi connectivity index (χ2n) is 7.59. The molecular weight excluding hydrogens is 350 g/mol. The molecule has 0 saturated carbocycles. The molecule has 2 aromatic rings. The van der Waals surface area contributed by atoms with Crippen LogP contribution in [-0.4, -0.2) is 17.9 Å². The number of hydrogen-bond donors (Lipinski definition) is 3. The molecule has 0 aliphatic heterocycles. The van der Waals surface area contributed by atoms with Crippen LogP contribution in [0.4, 0.5) is 11.4 Å². The number of anilines is 2. The fourth-order valence-corrected chi connectivity index (χ4v) is 3.19. The largest absolute Gasteiger partial charge is 0.330 e. The van der Waals surface area contributed by atoms with E-state index in [9.17, 15) is 9.59 Å². The molecule has 2 aromatic carbocycles. The lowest BCUT2D eigenvalue weighted by Crippen LogP contribution is -2.93. The molecule has 0 aliphatic carbocycles. The Labute approximate surface area is 167 Å². The molecule has 150 valence electrons. The molecule has 0 heterocycles. The van der Waals surface area contributed by atoms with Crippen LogP contribution in [0.15, 0.2) is 48.5 Å². The van der Waals surface area contributed by atoms with Gasteiger partial charge in [-0.15, -0.1) is 0 Å². The summed E-state index contributed by atoms with van der Waals surface area (Å²) in [4.78, 5) is 23.7. The molecular formula is C23H32N3O2+. The molecule has 0 fully saturated rings. The molecule has 5 nitrogen and oxygen atoms in total. The number of amides is 2. The van der Waals surface area contributed by atoms with Crippen LogP contribution in [-0.2, 0) is 16.0 Å². The second-order valence-corrected chi connectivity index (χ2v) is 7.59. The van der Waals surface area contributed by atoms with Crippen LogP contribution in [0.1, 0.15) is 51.8 Å². The van der Waals surface area contributed by atoms with Crippen LogP contribution in [0.2, 0.25) is 0 Å². The maximum Gasteiger partial charge on any atom is 0.282 e. The van der Waals surface area contributed by atoms with E-state index in [-0.39, 0.29) is 23.9 Å². The van der Waals surface area contributed by atoms with Crippen molar-refractivity contribution >= 4 is 23.2 Å². The van der Waals surface area contributed by atoms with Crippen LogP contribution in [0.3, 0.4) is 0 Å². The lowest BCUT2D eigenvalue weighted by atomic mass is 9.94. The van der Waals surface area contributed by atoms with Gasteiger partial charge < -0.3 is 16.0 Å². The summed E-state index contributed by atoms with van der Waals surface area (Å²) >= 11 is 0. The zero-order chi connectivity index (χ0) is 20.7. The third kappa shape index (κ3) is 6.20. The first kappa shape index (κ1) is 21.6. The summed E-state index contributed by atoms with van der Waals surface area (Å²) in [6.45, 7) is 9.90. The molecule has 2 amide bonds. The van der Waals surface area contributed by atoms with E-state index in [1.165, 1.54) is 18.1 Å². The molecule has 4 N–H and O–H groups in total. The highest BCUT2D eigenvalue weighted by Crippen LogP contribution is 2.19. The van der Waals surface area contributed by atoms with Gasteiger partial charge in [-0.25, -0.2) is 0 Å². The zero-order valence-corrected chi connectivity index (χ0v) is 17.5. The summed E-state index contributed by atoms with van der Waals surface area (Å²) in [7, 11) is 0. The van der Waals surface area contributed by atoms with Crippen molar-refractivity contribution in [2.24, 2.45) is 5.92 Å². The Balaban J connectivity index is 2.01. The SMILES string of the molecule is CCc1ccc([C@@H]([NH2+][C@H](C)C(=O)Nc2ccc(NC(C)=O)cc2)C(C)C)cc1. The Morgan fingerprint density at radius 2 is 1.43 bits per heavy atom. The lowest BCUT2D eigenvalue weighted by molar-refractivity contribution is -0.718. The Bertz CT molecular complexity index is 782. The molecule has 0 radical (unpaired) electrons. The van der Waals surface area contributed by atoms with Crippen molar-refractivity contribution in [3.05, 3.63) is 59.7 Å². The number of benzene rings is 2. The molecule has 0 spiro atoms. The van der Waals surface area contributed by atoms with E-state index in [1.54, 1.807) is 24.3 Å². The van der Waals surface area contributed by atoms with Gasteiger partial charge in [0.2, 0.25) is 5.91 Å². The van der Waals surface area contributed by atoms with Crippen molar-refractivity contribution in [2.45, 2.75) is 53.1 Å². The number of quaternary nitrogens is 1. The van der Waals surface area contributed by atoms with Crippen molar-refractivity contribution in [2.75, 3.05) is 10.6 Å². The van der Waals surface area contributed by atoms with E-state index in [4.69, 9.17) is 0 Å². The standard InChI is InChI=1S/C23H31N3O2/c1-6-18-7-9-19(10-8-18)22(15(2)3)24-16(4)23(28)26-21-13-11-20(12-14-21)25-17(5)27/h7-16,22,24H,6H2,1-5H3,(H,25,27)(H,26,28)/p+1/t16-,22+/m1/s1. The summed E-state index contributed by atoms with van der Waals surface area (Å²) in [5.41, 5.74) is 3.99. The normalized spacial score (nSPS) is 13.1. The Hall–Kier alpha value is -2.66. The maximum absolute atomic E-state index is 12.7. The van der Waals surface area contributed by atoms with Crippen molar-refractivity contribution in [3.8, 4) is 0 Å². The van der Waals surface area contributed by atoms with Crippen LogP contribution in [0.25, 0.3) is 0 Å². The third-order valence-electron chi connectivity index (χ3n) is 4.87. The van der Waals surface area contributed by atoms with Crippen LogP contribution >= 0.6 is 0 Å². The average Bonchev–Trinajstić information content (AvgIpc) is 2.67. The maximum atomic E-state index is 12.7. The van der Waals surface area contributed by atoms with E-state index in [2.05, 4.69) is 61.0 Å². The first-order valence-corrected chi connectivity index (χ1v) is 9.92. The molecule has 2 rings (SSSR count). The molecule has 5 heteroatoms. The minimum atomic E-state index is -0.228. The van der Waals surface area contributed by atoms with Crippen molar-refractivity contribution in [1.82, 2.24) is 0 Å². The number of carbonyl (C=O) groups excluding carboxylic acids is 2. The van der Waals surface area contributed by atoms with Gasteiger partial charge in [0.05, 0.1) is 0 Å². The van der Waals surface area contributed by atoms with Gasteiger partial charge in [0.15, 0.2) is 6.04 Å². The summed E-state index contributed by atoms with van der Waals surface area (Å²) in [5.74, 6) is 0.245. The Kier molecular flexibility index (Phi) is 7.76. The average molecular weight is 383 g/mol. The number of hydrogen-bond acceptors (Lipinski definition) is 2. The lowest BCUT2D eigenvalue weighted by Gasteiger charge is -2.23. The van der Waals surface area contributed by atoms with E-state index < -0.39 is 0 Å². The quantitative estimate of drug-likeness (QED) is 0.654. The predicted octanol–water partition coefficient (Wildman–Crippen LogP) is 3.50. The summed E-state index contributed by atoms with van der Waals surface area (Å²) in [6.07, 6.45) is 1.02. The van der Waals surface area contributed by atoms with Crippen LogP contribution < -0.4 is 16.0 Å². The first-order valence-electron chi connectivity index (χ1n) is 9.92. The van der Waals surface area contributed by atoms with E-state index in [1.807, 2.05) is 6.92 Å². The van der Waals surface area contributed by atoms with Gasteiger partial charge in [-0.3, -0.25) is 9.59 Å². The fourth-order valence-electron chi connectivity index (χ4n) is 3.19. The van der Waals surface area contributed by atoms with E-state index in [0.29, 0.717) is 17.3 Å². The number of aryl methyl sites for hydroxylation is 1. The van der Waals surface area contributed by atoms with Gasteiger partial charge in [0.1, 0.15) is 6.04 Å². The highest BCUT2D eigenvalue weighted by molar-refractivity contribution is 5.94. The molecule has 2 atom stereocenters. The number of nitrogens with two attached hydrogens (primary N) is 1. The highest BCUT2D eigenvalue weighted by Gasteiger charge is 2.25. The summed E-state index contributed by atoms with van der Waals surface area (Å²) in [5, 5.41) is 7.80. The van der Waals surface area contributed by atoms with Gasteiger partial charge in [0.25, 0.3) is 5.91 Å². The Morgan fingerprint density at radius 3 is 1.89 bits per heavy atom. The minimum absolute atomic E-state index is 0.0388. The molecule has 0 bridgehead atoms. The third-order valence-corrected chi connectivity index (χ3v) is 4.87. The van der Waals surface area contributed by atoms with Gasteiger partial charge >= 0.3 is 0 Å². The van der Waals surface area contributed by atoms with Gasteiger partial charge in [-0.2, -0.15) is 0 Å². The second kappa shape index (κ2) is 10.0. The molecule has 28 heavy (non-hydrogen) atoms. The monoisotopic (exact) mass is 382 g/mol. The number of nitrogens with one attached hydrogen (secondary N) is 2. The van der Waals surface area contributed by atoms with Crippen molar-refractivity contribution < 1.29 is 14.9 Å². The molecule has 0 aliphatic rings. The smallest absolute Gasteiger partial charge is 0.282 e. The van der Waals surface area contributed by atoms with Gasteiger partial charge in [0, 0.05) is 29.8 Å².